The van der Waals surface area contributed by atoms with Crippen molar-refractivity contribution >= 4 is 5.69 Å². The largest absolute Gasteiger partial charge is 0.464 e. The fourth-order valence-corrected chi connectivity index (χ4v) is 1.92. The fourth-order valence-electron chi connectivity index (χ4n) is 1.92. The summed E-state index contributed by atoms with van der Waals surface area (Å²) in [5, 5.41) is 0. The maximum Gasteiger partial charge on any atom is 0.182 e. The Kier molecular flexibility index (Phi) is 3.85. The Morgan fingerprint density at radius 2 is 1.89 bits per heavy atom. The van der Waals surface area contributed by atoms with Gasteiger partial charge in [-0.1, -0.05) is 6.07 Å². The summed E-state index contributed by atoms with van der Waals surface area (Å²) in [5.74, 6) is -0.285. The molecule has 0 amide bonds. The zero-order chi connectivity index (χ0) is 14.0. The van der Waals surface area contributed by atoms with Gasteiger partial charge < -0.3 is 15.1 Å². The van der Waals surface area contributed by atoms with Crippen LogP contribution in [0.1, 0.15) is 17.1 Å². The summed E-state index contributed by atoms with van der Waals surface area (Å²) in [7, 11) is 1.68. The Labute approximate surface area is 110 Å². The van der Waals surface area contributed by atoms with E-state index in [0.29, 0.717) is 12.3 Å². The number of hydrogen-bond donors (Lipinski definition) is 1. The molecular weight excluding hydrogens is 250 g/mol. The molecule has 0 aliphatic rings. The number of benzene rings is 1. The monoisotopic (exact) mass is 266 g/mol. The highest BCUT2D eigenvalue weighted by Gasteiger charge is 2.16. The smallest absolute Gasteiger partial charge is 0.182 e. The van der Waals surface area contributed by atoms with Crippen molar-refractivity contribution in [3.8, 4) is 0 Å². The molecule has 5 heteroatoms. The van der Waals surface area contributed by atoms with Crippen molar-refractivity contribution in [3.63, 3.8) is 0 Å². The first-order chi connectivity index (χ1) is 9.02. The zero-order valence-corrected chi connectivity index (χ0v) is 10.9. The van der Waals surface area contributed by atoms with Gasteiger partial charge in [0.1, 0.15) is 11.5 Å². The van der Waals surface area contributed by atoms with E-state index in [-0.39, 0.29) is 17.8 Å². The minimum atomic E-state index is -0.887. The summed E-state index contributed by atoms with van der Waals surface area (Å²) in [6.07, 6.45) is 0. The molecule has 0 aliphatic carbocycles. The molecule has 0 spiro atoms. The lowest BCUT2D eigenvalue weighted by atomic mass is 10.1. The molecule has 0 fully saturated rings. The molecule has 2 N–H and O–H groups in total. The molecule has 0 atom stereocenters. The van der Waals surface area contributed by atoms with Crippen LogP contribution in [0.5, 0.6) is 0 Å². The third-order valence-electron chi connectivity index (χ3n) is 2.96. The van der Waals surface area contributed by atoms with E-state index in [1.807, 2.05) is 19.1 Å². The Morgan fingerprint density at radius 3 is 2.47 bits per heavy atom. The molecule has 1 aromatic heterocycles. The highest BCUT2D eigenvalue weighted by molar-refractivity contribution is 5.49. The normalized spacial score (nSPS) is 10.8. The standard InChI is InChI=1S/C14H16F2N2O/c1-9-3-5-11(19-9)8-18(2)12-6-4-10(7-17)13(15)14(12)16/h3-6H,7-8,17H2,1-2H3. The van der Waals surface area contributed by atoms with E-state index in [0.717, 1.165) is 5.76 Å². The average Bonchev–Trinajstić information content (AvgIpc) is 2.78. The quantitative estimate of drug-likeness (QED) is 0.925. The first-order valence-electron chi connectivity index (χ1n) is 5.96. The van der Waals surface area contributed by atoms with Gasteiger partial charge in [0.2, 0.25) is 0 Å². The Bertz CT molecular complexity index is 581. The molecule has 19 heavy (non-hydrogen) atoms. The van der Waals surface area contributed by atoms with Crippen LogP contribution in [0.3, 0.4) is 0 Å². The molecule has 2 aromatic rings. The number of anilines is 1. The van der Waals surface area contributed by atoms with Gasteiger partial charge in [0.15, 0.2) is 11.6 Å². The van der Waals surface area contributed by atoms with Crippen LogP contribution < -0.4 is 10.6 Å². The third-order valence-corrected chi connectivity index (χ3v) is 2.96. The number of rotatable bonds is 4. The van der Waals surface area contributed by atoms with Crippen molar-refractivity contribution < 1.29 is 13.2 Å². The van der Waals surface area contributed by atoms with Crippen LogP contribution in [0.25, 0.3) is 0 Å². The number of hydrogen-bond acceptors (Lipinski definition) is 3. The SMILES string of the molecule is Cc1ccc(CN(C)c2ccc(CN)c(F)c2F)o1. The second-order valence-electron chi connectivity index (χ2n) is 4.44. The van der Waals surface area contributed by atoms with Gasteiger partial charge in [-0.3, -0.25) is 0 Å². The van der Waals surface area contributed by atoms with Crippen molar-refractivity contribution in [1.29, 1.82) is 0 Å². The van der Waals surface area contributed by atoms with E-state index in [9.17, 15) is 8.78 Å². The summed E-state index contributed by atoms with van der Waals surface area (Å²) < 4.78 is 33.0. The van der Waals surface area contributed by atoms with Gasteiger partial charge in [0, 0.05) is 19.2 Å². The van der Waals surface area contributed by atoms with Gasteiger partial charge in [-0.2, -0.15) is 0 Å². The van der Waals surface area contributed by atoms with Crippen LogP contribution in [0.15, 0.2) is 28.7 Å². The molecule has 0 saturated heterocycles. The molecule has 2 rings (SSSR count). The van der Waals surface area contributed by atoms with Crippen LogP contribution in [0.2, 0.25) is 0 Å². The second kappa shape index (κ2) is 5.40. The first kappa shape index (κ1) is 13.5. The molecule has 0 radical (unpaired) electrons. The predicted molar refractivity (Wildman–Crippen MR) is 69.8 cm³/mol. The predicted octanol–water partition coefficient (Wildman–Crippen LogP) is 2.96. The Morgan fingerprint density at radius 1 is 1.16 bits per heavy atom. The molecule has 0 saturated carbocycles. The first-order valence-corrected chi connectivity index (χ1v) is 5.96. The number of halogens is 2. The van der Waals surface area contributed by atoms with E-state index in [1.165, 1.54) is 12.1 Å². The second-order valence-corrected chi connectivity index (χ2v) is 4.44. The number of furan rings is 1. The third kappa shape index (κ3) is 2.76. The summed E-state index contributed by atoms with van der Waals surface area (Å²) in [6.45, 7) is 2.18. The lowest BCUT2D eigenvalue weighted by molar-refractivity contribution is 0.475. The van der Waals surface area contributed by atoms with E-state index >= 15 is 0 Å². The van der Waals surface area contributed by atoms with E-state index in [2.05, 4.69) is 0 Å². The molecule has 0 bridgehead atoms. The van der Waals surface area contributed by atoms with Crippen LogP contribution in [-0.2, 0) is 13.1 Å². The van der Waals surface area contributed by atoms with Gasteiger partial charge in [0.05, 0.1) is 12.2 Å². The van der Waals surface area contributed by atoms with E-state index in [4.69, 9.17) is 10.2 Å². The Balaban J connectivity index is 2.24. The number of nitrogens with zero attached hydrogens (tertiary/aromatic N) is 1. The lowest BCUT2D eigenvalue weighted by Gasteiger charge is -2.19. The lowest BCUT2D eigenvalue weighted by Crippen LogP contribution is -2.18. The van der Waals surface area contributed by atoms with Crippen molar-refractivity contribution in [2.45, 2.75) is 20.0 Å². The van der Waals surface area contributed by atoms with Gasteiger partial charge in [-0.25, -0.2) is 8.78 Å². The topological polar surface area (TPSA) is 42.4 Å². The van der Waals surface area contributed by atoms with Crippen LogP contribution in [0, 0.1) is 18.6 Å². The zero-order valence-electron chi connectivity index (χ0n) is 10.9. The van der Waals surface area contributed by atoms with Gasteiger partial charge in [-0.05, 0) is 25.1 Å². The molecule has 3 nitrogen and oxygen atoms in total. The summed E-state index contributed by atoms with van der Waals surface area (Å²) >= 11 is 0. The highest BCUT2D eigenvalue weighted by Crippen LogP contribution is 2.24. The number of nitrogens with two attached hydrogens (primary N) is 1. The van der Waals surface area contributed by atoms with E-state index in [1.54, 1.807) is 11.9 Å². The van der Waals surface area contributed by atoms with Crippen molar-refractivity contribution in [1.82, 2.24) is 0 Å². The van der Waals surface area contributed by atoms with Gasteiger partial charge in [0.25, 0.3) is 0 Å². The van der Waals surface area contributed by atoms with Crippen molar-refractivity contribution in [2.24, 2.45) is 5.73 Å². The van der Waals surface area contributed by atoms with Crippen molar-refractivity contribution in [2.75, 3.05) is 11.9 Å². The molecule has 1 aromatic carbocycles. The summed E-state index contributed by atoms with van der Waals surface area (Å²) in [6, 6.07) is 6.67. The molecule has 102 valence electrons. The highest BCUT2D eigenvalue weighted by atomic mass is 19.2. The maximum absolute atomic E-state index is 13.9. The minimum absolute atomic E-state index is 0.0237. The maximum atomic E-state index is 13.9. The molecule has 0 unspecified atom stereocenters. The number of aryl methyl sites for hydroxylation is 1. The molecular formula is C14H16F2N2O. The van der Waals surface area contributed by atoms with Crippen molar-refractivity contribution in [3.05, 3.63) is 53.0 Å². The fraction of sp³-hybridized carbons (Fsp3) is 0.286. The Hall–Kier alpha value is -1.88. The molecule has 0 aliphatic heterocycles. The summed E-state index contributed by atoms with van der Waals surface area (Å²) in [5.41, 5.74) is 5.69. The average molecular weight is 266 g/mol. The van der Waals surface area contributed by atoms with Gasteiger partial charge in [-0.15, -0.1) is 0 Å². The summed E-state index contributed by atoms with van der Waals surface area (Å²) in [4.78, 5) is 1.59. The van der Waals surface area contributed by atoms with E-state index < -0.39 is 11.6 Å². The van der Waals surface area contributed by atoms with Gasteiger partial charge >= 0.3 is 0 Å². The molecule has 1 heterocycles. The van der Waals surface area contributed by atoms with Crippen LogP contribution in [0.4, 0.5) is 14.5 Å². The minimum Gasteiger partial charge on any atom is -0.464 e. The van der Waals surface area contributed by atoms with Crippen LogP contribution >= 0.6 is 0 Å². The van der Waals surface area contributed by atoms with Crippen LogP contribution in [-0.4, -0.2) is 7.05 Å².